The lowest BCUT2D eigenvalue weighted by Gasteiger charge is -2.21. The number of hydrogen-bond acceptors (Lipinski definition) is 15. The number of phosphoric ester groups is 2. The van der Waals surface area contributed by atoms with Crippen LogP contribution in [0.25, 0.3) is 0 Å². The number of carbonyl (C=O) groups is 4. The van der Waals surface area contributed by atoms with Gasteiger partial charge in [0.05, 0.1) is 26.4 Å². The van der Waals surface area contributed by atoms with Crippen molar-refractivity contribution in [1.29, 1.82) is 0 Å². The average molecular weight is 1420 g/mol. The second-order valence-electron chi connectivity index (χ2n) is 29.1. The Bertz CT molecular complexity index is 1870. The number of esters is 4. The smallest absolute Gasteiger partial charge is 0.462 e. The first-order chi connectivity index (χ1) is 46.9. The molecule has 0 saturated heterocycles. The molecule has 0 fully saturated rings. The number of carbonyl (C=O) groups excluding carboxylic acids is 4. The van der Waals surface area contributed by atoms with Gasteiger partial charge in [-0.2, -0.15) is 0 Å². The predicted molar refractivity (Wildman–Crippen MR) is 395 cm³/mol. The van der Waals surface area contributed by atoms with Gasteiger partial charge in [-0.05, 0) is 37.5 Å². The maximum absolute atomic E-state index is 13.1. The highest BCUT2D eigenvalue weighted by atomic mass is 31.2. The maximum Gasteiger partial charge on any atom is 0.472 e. The topological polar surface area (TPSA) is 237 Å². The first-order valence-electron chi connectivity index (χ1n) is 40.5. The molecule has 0 heterocycles. The molecule has 0 aliphatic carbocycles. The summed E-state index contributed by atoms with van der Waals surface area (Å²) in [7, 11) is -9.92. The van der Waals surface area contributed by atoms with Gasteiger partial charge in [0.1, 0.15) is 19.3 Å². The molecule has 97 heavy (non-hydrogen) atoms. The largest absolute Gasteiger partial charge is 0.472 e. The Morgan fingerprint density at radius 2 is 0.474 bits per heavy atom. The SMILES string of the molecule is CCCCCCCCCCCCCCCC(=O)OC[C@H](COP(=O)(O)OC[C@H](O)COP(=O)(O)OC[C@@H](COC(=O)CCCCCCCCCCCCCCC(C)C)OC(=O)CCCCCCCCCCCCCCCC(C)C)OC(=O)CCCCCCCCCCCCCCC. The number of aliphatic hydroxyl groups is 1. The zero-order chi connectivity index (χ0) is 71.4. The van der Waals surface area contributed by atoms with Crippen LogP contribution in [0.5, 0.6) is 0 Å². The van der Waals surface area contributed by atoms with Gasteiger partial charge in [-0.3, -0.25) is 37.3 Å². The van der Waals surface area contributed by atoms with E-state index in [2.05, 4.69) is 41.5 Å². The van der Waals surface area contributed by atoms with Crippen LogP contribution in [0, 0.1) is 11.8 Å². The zero-order valence-corrected chi connectivity index (χ0v) is 65.2. The minimum absolute atomic E-state index is 0.107. The van der Waals surface area contributed by atoms with E-state index >= 15 is 0 Å². The van der Waals surface area contributed by atoms with Gasteiger partial charge in [-0.1, -0.05) is 356 Å². The molecule has 0 radical (unpaired) electrons. The van der Waals surface area contributed by atoms with Gasteiger partial charge >= 0.3 is 39.5 Å². The van der Waals surface area contributed by atoms with Crippen LogP contribution in [-0.2, 0) is 65.4 Å². The van der Waals surface area contributed by atoms with Crippen molar-refractivity contribution in [2.24, 2.45) is 11.8 Å². The number of ether oxygens (including phenoxy) is 4. The minimum atomic E-state index is -4.96. The summed E-state index contributed by atoms with van der Waals surface area (Å²) in [6.07, 6.45) is 58.0. The summed E-state index contributed by atoms with van der Waals surface area (Å²) in [5.74, 6) is -0.541. The molecule has 0 amide bonds. The third-order valence-electron chi connectivity index (χ3n) is 18.2. The van der Waals surface area contributed by atoms with Crippen LogP contribution in [0.2, 0.25) is 0 Å². The molecule has 0 rings (SSSR count). The fourth-order valence-electron chi connectivity index (χ4n) is 12.0. The normalized spacial score (nSPS) is 14.0. The Balaban J connectivity index is 5.27. The van der Waals surface area contributed by atoms with Crippen LogP contribution < -0.4 is 0 Å². The highest BCUT2D eigenvalue weighted by molar-refractivity contribution is 7.47. The fourth-order valence-corrected chi connectivity index (χ4v) is 13.6. The second-order valence-corrected chi connectivity index (χ2v) is 32.0. The first-order valence-corrected chi connectivity index (χ1v) is 43.5. The molecule has 17 nitrogen and oxygen atoms in total. The molecule has 0 spiro atoms. The summed E-state index contributed by atoms with van der Waals surface area (Å²) in [6, 6.07) is 0. The lowest BCUT2D eigenvalue weighted by Crippen LogP contribution is -2.30. The Morgan fingerprint density at radius 1 is 0.278 bits per heavy atom. The van der Waals surface area contributed by atoms with Crippen LogP contribution >= 0.6 is 15.6 Å². The Morgan fingerprint density at radius 3 is 0.701 bits per heavy atom. The third-order valence-corrected chi connectivity index (χ3v) is 20.1. The molecule has 0 bridgehead atoms. The van der Waals surface area contributed by atoms with Gasteiger partial charge in [0.2, 0.25) is 0 Å². The van der Waals surface area contributed by atoms with E-state index in [1.54, 1.807) is 0 Å². The van der Waals surface area contributed by atoms with Crippen molar-refractivity contribution in [3.63, 3.8) is 0 Å². The van der Waals surface area contributed by atoms with Gasteiger partial charge in [0.15, 0.2) is 12.2 Å². The predicted octanol–water partition coefficient (Wildman–Crippen LogP) is 23.1. The average Bonchev–Trinajstić information content (AvgIpc) is 1.79. The van der Waals surface area contributed by atoms with E-state index in [1.807, 2.05) is 0 Å². The molecule has 0 aliphatic rings. The van der Waals surface area contributed by atoms with Crippen LogP contribution in [0.4, 0.5) is 0 Å². The van der Waals surface area contributed by atoms with Crippen molar-refractivity contribution >= 4 is 39.5 Å². The Kier molecular flexibility index (Phi) is 68.4. The standard InChI is InChI=1S/C78H152O17P2/c1-7-9-11-13-15-17-19-22-30-36-42-48-54-60-75(80)88-66-73(94-77(82)62-56-50-44-38-32-23-20-18-16-14-12-10-8-2)68-92-96(84,85)90-64-72(79)65-91-97(86,87)93-69-74(67-89-76(81)61-55-49-43-37-31-27-26-29-35-41-47-53-59-71(5)6)95-78(83)63-57-51-45-39-33-25-21-24-28-34-40-46-52-58-70(3)4/h70-74,79H,7-69H2,1-6H3,(H,84,85)(H,86,87)/t72-,73+,74+/m0/s1. The molecule has 0 aromatic carbocycles. The summed E-state index contributed by atoms with van der Waals surface area (Å²) in [6.45, 7) is 9.65. The van der Waals surface area contributed by atoms with E-state index < -0.39 is 97.5 Å². The summed E-state index contributed by atoms with van der Waals surface area (Å²) in [5.41, 5.74) is 0. The van der Waals surface area contributed by atoms with Gasteiger partial charge < -0.3 is 33.8 Å². The molecular weight excluding hydrogens is 1270 g/mol. The van der Waals surface area contributed by atoms with Gasteiger partial charge in [-0.25, -0.2) is 9.13 Å². The van der Waals surface area contributed by atoms with Gasteiger partial charge in [0, 0.05) is 25.7 Å². The van der Waals surface area contributed by atoms with Crippen LogP contribution in [0.15, 0.2) is 0 Å². The van der Waals surface area contributed by atoms with E-state index in [4.69, 9.17) is 37.0 Å². The highest BCUT2D eigenvalue weighted by Gasteiger charge is 2.30. The minimum Gasteiger partial charge on any atom is -0.462 e. The van der Waals surface area contributed by atoms with Crippen LogP contribution in [0.3, 0.4) is 0 Å². The van der Waals surface area contributed by atoms with Crippen LogP contribution in [0.1, 0.15) is 408 Å². The number of unbranched alkanes of at least 4 members (excludes halogenated alkanes) is 47. The van der Waals surface area contributed by atoms with Crippen molar-refractivity contribution in [3.8, 4) is 0 Å². The molecule has 0 saturated carbocycles. The summed E-state index contributed by atoms with van der Waals surface area (Å²) in [4.78, 5) is 72.9. The van der Waals surface area contributed by atoms with Gasteiger partial charge in [0.25, 0.3) is 0 Å². The van der Waals surface area contributed by atoms with E-state index in [0.717, 1.165) is 102 Å². The first kappa shape index (κ1) is 95.1. The van der Waals surface area contributed by atoms with Crippen molar-refractivity contribution in [2.45, 2.75) is 426 Å². The maximum atomic E-state index is 13.1. The van der Waals surface area contributed by atoms with Gasteiger partial charge in [-0.15, -0.1) is 0 Å². The van der Waals surface area contributed by atoms with E-state index in [1.165, 1.54) is 225 Å². The number of aliphatic hydroxyl groups excluding tert-OH is 1. The van der Waals surface area contributed by atoms with E-state index in [0.29, 0.717) is 25.7 Å². The van der Waals surface area contributed by atoms with Crippen molar-refractivity contribution in [3.05, 3.63) is 0 Å². The number of phosphoric acid groups is 2. The number of rotatable bonds is 77. The highest BCUT2D eigenvalue weighted by Crippen LogP contribution is 2.45. The van der Waals surface area contributed by atoms with E-state index in [-0.39, 0.29) is 25.7 Å². The molecule has 0 aromatic rings. The molecule has 576 valence electrons. The molecule has 2 unspecified atom stereocenters. The quantitative estimate of drug-likeness (QED) is 0.0222. The van der Waals surface area contributed by atoms with E-state index in [9.17, 15) is 43.2 Å². The fraction of sp³-hybridized carbons (Fsp3) is 0.949. The zero-order valence-electron chi connectivity index (χ0n) is 63.4. The van der Waals surface area contributed by atoms with Crippen molar-refractivity contribution in [1.82, 2.24) is 0 Å². The van der Waals surface area contributed by atoms with Crippen molar-refractivity contribution < 1.29 is 80.2 Å². The summed E-state index contributed by atoms with van der Waals surface area (Å²) in [5, 5.41) is 10.6. The number of hydrogen-bond donors (Lipinski definition) is 3. The molecule has 0 aliphatic heterocycles. The molecule has 5 atom stereocenters. The second kappa shape index (κ2) is 69.8. The molecule has 3 N–H and O–H groups in total. The Labute approximate surface area is 594 Å². The lowest BCUT2D eigenvalue weighted by atomic mass is 10.0. The molecule has 19 heteroatoms. The third kappa shape index (κ3) is 72.2. The summed E-state index contributed by atoms with van der Waals surface area (Å²) < 4.78 is 68.7. The Hall–Kier alpha value is -1.94. The van der Waals surface area contributed by atoms with Crippen LogP contribution in [-0.4, -0.2) is 96.7 Å². The summed E-state index contributed by atoms with van der Waals surface area (Å²) >= 11 is 0. The molecule has 0 aromatic heterocycles. The molecular formula is C78H152O17P2. The monoisotopic (exact) mass is 1420 g/mol. The van der Waals surface area contributed by atoms with Crippen molar-refractivity contribution in [2.75, 3.05) is 39.6 Å². The lowest BCUT2D eigenvalue weighted by molar-refractivity contribution is -0.161.